The zero-order valence-corrected chi connectivity index (χ0v) is 22.9. The number of imide groups is 1. The van der Waals surface area contributed by atoms with Crippen LogP contribution in [0.4, 0.5) is 18.9 Å². The highest BCUT2D eigenvalue weighted by Gasteiger charge is 2.49. The van der Waals surface area contributed by atoms with Crippen LogP contribution in [0, 0.1) is 11.3 Å². The highest BCUT2D eigenvalue weighted by molar-refractivity contribution is 6.06. The molecule has 1 saturated heterocycles. The van der Waals surface area contributed by atoms with Gasteiger partial charge in [-0.1, -0.05) is 12.5 Å². The summed E-state index contributed by atoms with van der Waals surface area (Å²) < 4.78 is 37.9. The molecule has 0 radical (unpaired) electrons. The van der Waals surface area contributed by atoms with Crippen LogP contribution in [0.1, 0.15) is 93.0 Å². The molecule has 218 valence electrons. The van der Waals surface area contributed by atoms with Crippen molar-refractivity contribution < 1.29 is 27.6 Å². The smallest absolute Gasteiger partial charge is 0.368 e. The van der Waals surface area contributed by atoms with E-state index >= 15 is 0 Å². The second-order valence-electron chi connectivity index (χ2n) is 12.8. The van der Waals surface area contributed by atoms with Gasteiger partial charge in [-0.2, -0.15) is 13.2 Å². The fraction of sp³-hybridized carbons (Fsp3) is 0.700. The van der Waals surface area contributed by atoms with Crippen LogP contribution in [0.3, 0.4) is 0 Å². The van der Waals surface area contributed by atoms with Gasteiger partial charge in [0.15, 0.2) is 0 Å². The first kappa shape index (κ1) is 27.5. The lowest BCUT2D eigenvalue weighted by Gasteiger charge is -2.56. The van der Waals surface area contributed by atoms with Gasteiger partial charge in [-0.25, -0.2) is 0 Å². The molecule has 1 unspecified atom stereocenters. The van der Waals surface area contributed by atoms with Crippen LogP contribution in [0.15, 0.2) is 18.2 Å². The summed E-state index contributed by atoms with van der Waals surface area (Å²) >= 11 is 0. The van der Waals surface area contributed by atoms with Crippen molar-refractivity contribution >= 4 is 23.4 Å². The highest BCUT2D eigenvalue weighted by atomic mass is 19.4. The van der Waals surface area contributed by atoms with Crippen molar-refractivity contribution in [2.24, 2.45) is 11.3 Å². The van der Waals surface area contributed by atoms with E-state index < -0.39 is 24.5 Å². The summed E-state index contributed by atoms with van der Waals surface area (Å²) in [6.07, 6.45) is 5.49. The molecule has 1 atom stereocenters. The molecule has 2 N–H and O–H groups in total. The van der Waals surface area contributed by atoms with E-state index in [9.17, 15) is 27.6 Å². The van der Waals surface area contributed by atoms with Crippen LogP contribution in [-0.2, 0) is 16.1 Å². The van der Waals surface area contributed by atoms with Crippen LogP contribution >= 0.6 is 0 Å². The van der Waals surface area contributed by atoms with Crippen molar-refractivity contribution in [3.63, 3.8) is 0 Å². The van der Waals surface area contributed by atoms with E-state index in [0.29, 0.717) is 29.9 Å². The maximum Gasteiger partial charge on any atom is 0.390 e. The maximum atomic E-state index is 13.5. The minimum absolute atomic E-state index is 0.0445. The maximum absolute atomic E-state index is 13.5. The van der Waals surface area contributed by atoms with Gasteiger partial charge in [0.25, 0.3) is 5.91 Å². The topological polar surface area (TPSA) is 81.8 Å². The molecule has 2 aliphatic heterocycles. The quantitative estimate of drug-likeness (QED) is 0.451. The van der Waals surface area contributed by atoms with Crippen LogP contribution in [-0.4, -0.2) is 60.0 Å². The lowest BCUT2D eigenvalue weighted by Crippen LogP contribution is -2.52. The first-order chi connectivity index (χ1) is 19.1. The van der Waals surface area contributed by atoms with Gasteiger partial charge in [0.1, 0.15) is 6.04 Å². The van der Waals surface area contributed by atoms with E-state index in [1.54, 1.807) is 4.90 Å². The van der Waals surface area contributed by atoms with E-state index in [1.807, 2.05) is 12.1 Å². The summed E-state index contributed by atoms with van der Waals surface area (Å²) in [6, 6.07) is 5.54. The fourth-order valence-electron chi connectivity index (χ4n) is 7.95. The Morgan fingerprint density at radius 1 is 1.05 bits per heavy atom. The average Bonchev–Trinajstić information content (AvgIpc) is 3.19. The third kappa shape index (κ3) is 5.48. The van der Waals surface area contributed by atoms with Gasteiger partial charge < -0.3 is 15.1 Å². The van der Waals surface area contributed by atoms with E-state index in [1.165, 1.54) is 32.1 Å². The lowest BCUT2D eigenvalue weighted by molar-refractivity contribution is -0.137. The zero-order chi connectivity index (χ0) is 28.1. The van der Waals surface area contributed by atoms with Gasteiger partial charge in [-0.15, -0.1) is 0 Å². The molecule has 3 aliphatic carbocycles. The molecule has 0 aromatic heterocycles. The number of nitrogens with zero attached hydrogens (tertiary/aromatic N) is 2. The molecule has 0 bridgehead atoms. The summed E-state index contributed by atoms with van der Waals surface area (Å²) in [5, 5.41) is 5.49. The predicted octanol–water partition coefficient (Wildman–Crippen LogP) is 4.69. The third-order valence-electron chi connectivity index (χ3n) is 10.2. The fourth-order valence-corrected chi connectivity index (χ4v) is 7.95. The normalized spacial score (nSPS) is 28.2. The van der Waals surface area contributed by atoms with Gasteiger partial charge in [0.2, 0.25) is 11.8 Å². The Labute approximate surface area is 233 Å². The molecule has 1 aromatic rings. The van der Waals surface area contributed by atoms with Crippen LogP contribution in [0.5, 0.6) is 0 Å². The summed E-state index contributed by atoms with van der Waals surface area (Å²) in [6.45, 7) is 1.22. The second-order valence-corrected chi connectivity index (χ2v) is 12.8. The molecule has 40 heavy (non-hydrogen) atoms. The highest BCUT2D eigenvalue weighted by Crippen LogP contribution is 2.59. The number of amides is 3. The Morgan fingerprint density at radius 3 is 2.45 bits per heavy atom. The number of halogens is 3. The SMILES string of the molecule is O=C1CCC(N2Cc3c(cccc3N(CC3CC4(CCC4)C3)C3CCC(NCCC(F)(F)F)CC3)C2=O)C(=O)N1. The Bertz CT molecular complexity index is 1150. The second kappa shape index (κ2) is 10.7. The van der Waals surface area contributed by atoms with Gasteiger partial charge >= 0.3 is 6.18 Å². The standard InChI is InChI=1S/C30H39F3N4O3/c31-30(32,33)13-14-34-20-5-7-21(8-6-20)36(17-19-15-29(16-19)11-2-12-29)24-4-1-3-22-23(24)18-37(28(22)40)25-9-10-26(38)35-27(25)39/h1,3-4,19-21,25,34H,2,5-18H2,(H,35,38,39). The molecular formula is C30H39F3N4O3. The minimum atomic E-state index is -4.14. The molecule has 6 rings (SSSR count). The molecule has 10 heteroatoms. The van der Waals surface area contributed by atoms with E-state index in [0.717, 1.165) is 43.5 Å². The third-order valence-corrected chi connectivity index (χ3v) is 10.2. The Morgan fingerprint density at radius 2 is 1.80 bits per heavy atom. The van der Waals surface area contributed by atoms with Crippen molar-refractivity contribution in [1.82, 2.24) is 15.5 Å². The Kier molecular flexibility index (Phi) is 7.34. The van der Waals surface area contributed by atoms with E-state index in [4.69, 9.17) is 0 Å². The number of anilines is 1. The monoisotopic (exact) mass is 560 g/mol. The number of fused-ring (bicyclic) bond motifs is 1. The number of hydrogen-bond acceptors (Lipinski definition) is 5. The summed E-state index contributed by atoms with van der Waals surface area (Å²) in [4.78, 5) is 41.9. The van der Waals surface area contributed by atoms with Gasteiger partial charge in [0, 0.05) is 55.0 Å². The Hall–Kier alpha value is -2.62. The molecular weight excluding hydrogens is 521 g/mol. The number of hydrogen-bond donors (Lipinski definition) is 2. The van der Waals surface area contributed by atoms with Crippen molar-refractivity contribution in [2.75, 3.05) is 18.0 Å². The zero-order valence-electron chi connectivity index (χ0n) is 22.9. The first-order valence-electron chi connectivity index (χ1n) is 14.9. The predicted molar refractivity (Wildman–Crippen MR) is 144 cm³/mol. The van der Waals surface area contributed by atoms with Gasteiger partial charge in [-0.05, 0) is 81.3 Å². The molecule has 1 aromatic carbocycles. The van der Waals surface area contributed by atoms with Gasteiger partial charge in [0.05, 0.1) is 6.42 Å². The average molecular weight is 561 g/mol. The number of benzene rings is 1. The Balaban J connectivity index is 1.19. The lowest BCUT2D eigenvalue weighted by atomic mass is 9.52. The number of nitrogens with one attached hydrogen (secondary N) is 2. The van der Waals surface area contributed by atoms with Crippen molar-refractivity contribution in [3.8, 4) is 0 Å². The number of alkyl halides is 3. The summed E-state index contributed by atoms with van der Waals surface area (Å²) in [5.74, 6) is -0.277. The number of carbonyl (C=O) groups is 3. The van der Waals surface area contributed by atoms with Crippen LogP contribution in [0.25, 0.3) is 0 Å². The van der Waals surface area contributed by atoms with Crippen molar-refractivity contribution in [1.29, 1.82) is 0 Å². The number of piperidine rings is 1. The van der Waals surface area contributed by atoms with E-state index in [-0.39, 0.29) is 36.9 Å². The van der Waals surface area contributed by atoms with Gasteiger partial charge in [-0.3, -0.25) is 19.7 Å². The van der Waals surface area contributed by atoms with Crippen LogP contribution < -0.4 is 15.5 Å². The molecule has 3 amide bonds. The number of carbonyl (C=O) groups excluding carboxylic acids is 3. The summed E-state index contributed by atoms with van der Waals surface area (Å²) in [5.41, 5.74) is 3.16. The molecule has 2 heterocycles. The first-order valence-corrected chi connectivity index (χ1v) is 14.9. The molecule has 7 nitrogen and oxygen atoms in total. The molecule has 5 aliphatic rings. The van der Waals surface area contributed by atoms with Crippen molar-refractivity contribution in [2.45, 2.75) is 108 Å². The largest absolute Gasteiger partial charge is 0.390 e. The summed E-state index contributed by atoms with van der Waals surface area (Å²) in [7, 11) is 0. The van der Waals surface area contributed by atoms with Crippen molar-refractivity contribution in [3.05, 3.63) is 29.3 Å². The minimum Gasteiger partial charge on any atom is -0.368 e. The molecule has 4 fully saturated rings. The van der Waals surface area contributed by atoms with E-state index in [2.05, 4.69) is 21.6 Å². The number of rotatable bonds is 8. The molecule has 1 spiro atoms. The molecule has 3 saturated carbocycles. The van der Waals surface area contributed by atoms with Crippen LogP contribution in [0.2, 0.25) is 0 Å².